The quantitative estimate of drug-likeness (QED) is 0.750. The van der Waals surface area contributed by atoms with E-state index < -0.39 is 0 Å². The van der Waals surface area contributed by atoms with E-state index in [0.717, 1.165) is 5.56 Å². The van der Waals surface area contributed by atoms with E-state index in [0.29, 0.717) is 28.2 Å². The first kappa shape index (κ1) is 13.9. The van der Waals surface area contributed by atoms with Gasteiger partial charge in [0.1, 0.15) is 17.1 Å². The number of hydrogen-bond donors (Lipinski definition) is 1. The molecule has 0 radical (unpaired) electrons. The second kappa shape index (κ2) is 5.77. The van der Waals surface area contributed by atoms with Crippen LogP contribution < -0.4 is 15.9 Å². The van der Waals surface area contributed by atoms with E-state index in [1.807, 2.05) is 24.3 Å². The van der Waals surface area contributed by atoms with Crippen LogP contribution in [-0.2, 0) is 0 Å². The fraction of sp³-hybridized carbons (Fsp3) is 0.0556. The molecular formula is C18H15NO3. The Kier molecular flexibility index (Phi) is 3.66. The highest BCUT2D eigenvalue weighted by molar-refractivity contribution is 5.78. The van der Waals surface area contributed by atoms with Gasteiger partial charge in [0.25, 0.3) is 0 Å². The lowest BCUT2D eigenvalue weighted by atomic mass is 10.1. The van der Waals surface area contributed by atoms with Crippen LogP contribution in [0, 0.1) is 0 Å². The fourth-order valence-electron chi connectivity index (χ4n) is 2.24. The number of anilines is 1. The molecule has 22 heavy (non-hydrogen) atoms. The van der Waals surface area contributed by atoms with Gasteiger partial charge in [0, 0.05) is 23.4 Å². The van der Waals surface area contributed by atoms with E-state index in [2.05, 4.69) is 0 Å². The van der Waals surface area contributed by atoms with Crippen LogP contribution in [-0.4, -0.2) is 7.11 Å². The van der Waals surface area contributed by atoms with Crippen LogP contribution in [0.1, 0.15) is 11.3 Å². The van der Waals surface area contributed by atoms with Crippen LogP contribution in [0.4, 0.5) is 5.69 Å². The molecule has 3 aromatic rings. The molecule has 1 heterocycles. The number of ether oxygens (including phenoxy) is 1. The Morgan fingerprint density at radius 2 is 1.91 bits per heavy atom. The summed E-state index contributed by atoms with van der Waals surface area (Å²) >= 11 is 0. The van der Waals surface area contributed by atoms with Crippen LogP contribution in [0.3, 0.4) is 0 Å². The summed E-state index contributed by atoms with van der Waals surface area (Å²) in [6.45, 7) is 0. The van der Waals surface area contributed by atoms with Crippen LogP contribution in [0.5, 0.6) is 5.75 Å². The highest BCUT2D eigenvalue weighted by Gasteiger charge is 2.03. The summed E-state index contributed by atoms with van der Waals surface area (Å²) < 4.78 is 11.0. The third-order valence-electron chi connectivity index (χ3n) is 3.34. The lowest BCUT2D eigenvalue weighted by molar-refractivity contribution is 0.414. The summed E-state index contributed by atoms with van der Waals surface area (Å²) in [6, 6.07) is 14.0. The number of methoxy groups -OCH3 is 1. The smallest absolute Gasteiger partial charge is 0.193 e. The van der Waals surface area contributed by atoms with E-state index in [-0.39, 0.29) is 5.43 Å². The molecule has 0 aliphatic heterocycles. The summed E-state index contributed by atoms with van der Waals surface area (Å²) in [5, 5.41) is 0.574. The summed E-state index contributed by atoms with van der Waals surface area (Å²) in [6.07, 6.45) is 3.56. The first-order valence-corrected chi connectivity index (χ1v) is 6.82. The SMILES string of the molecule is COc1cc(N)ccc1C=Cc1cc(=O)c2ccccc2o1. The van der Waals surface area contributed by atoms with Gasteiger partial charge in [0.2, 0.25) is 0 Å². The third-order valence-corrected chi connectivity index (χ3v) is 3.34. The third kappa shape index (κ3) is 2.72. The molecule has 0 amide bonds. The zero-order valence-corrected chi connectivity index (χ0v) is 12.1. The van der Waals surface area contributed by atoms with Crippen molar-refractivity contribution in [1.82, 2.24) is 0 Å². The van der Waals surface area contributed by atoms with Crippen molar-refractivity contribution >= 4 is 28.8 Å². The van der Waals surface area contributed by atoms with Crippen molar-refractivity contribution in [2.24, 2.45) is 0 Å². The highest BCUT2D eigenvalue weighted by Crippen LogP contribution is 2.23. The number of benzene rings is 2. The Bertz CT molecular complexity index is 910. The molecule has 4 heteroatoms. The number of hydrogen-bond acceptors (Lipinski definition) is 4. The van der Waals surface area contributed by atoms with E-state index >= 15 is 0 Å². The van der Waals surface area contributed by atoms with Crippen molar-refractivity contribution in [1.29, 1.82) is 0 Å². The predicted molar refractivity (Wildman–Crippen MR) is 88.8 cm³/mol. The standard InChI is InChI=1S/C18H15NO3/c1-21-18-10-13(19)8-6-12(18)7-9-14-11-16(20)15-4-2-3-5-17(15)22-14/h2-11H,19H2,1H3. The van der Waals surface area contributed by atoms with Crippen molar-refractivity contribution in [3.63, 3.8) is 0 Å². The van der Waals surface area contributed by atoms with Gasteiger partial charge in [0.05, 0.1) is 12.5 Å². The first-order chi connectivity index (χ1) is 10.7. The van der Waals surface area contributed by atoms with Gasteiger partial charge in [-0.25, -0.2) is 0 Å². The molecule has 110 valence electrons. The van der Waals surface area contributed by atoms with Gasteiger partial charge in [0.15, 0.2) is 5.43 Å². The maximum Gasteiger partial charge on any atom is 0.193 e. The zero-order valence-electron chi connectivity index (χ0n) is 12.1. The van der Waals surface area contributed by atoms with E-state index in [9.17, 15) is 4.79 Å². The van der Waals surface area contributed by atoms with Gasteiger partial charge in [-0.2, -0.15) is 0 Å². The molecule has 0 spiro atoms. The minimum atomic E-state index is -0.0641. The van der Waals surface area contributed by atoms with Gasteiger partial charge >= 0.3 is 0 Å². The first-order valence-electron chi connectivity index (χ1n) is 6.82. The number of rotatable bonds is 3. The van der Waals surface area contributed by atoms with Crippen LogP contribution in [0.15, 0.2) is 57.7 Å². The molecule has 0 aliphatic carbocycles. The largest absolute Gasteiger partial charge is 0.496 e. The molecular weight excluding hydrogens is 278 g/mol. The van der Waals surface area contributed by atoms with Crippen molar-refractivity contribution < 1.29 is 9.15 Å². The molecule has 0 aliphatic rings. The van der Waals surface area contributed by atoms with Gasteiger partial charge in [-0.05, 0) is 36.4 Å². The van der Waals surface area contributed by atoms with Crippen molar-refractivity contribution in [3.05, 3.63) is 70.1 Å². The maximum atomic E-state index is 12.0. The predicted octanol–water partition coefficient (Wildman–Crippen LogP) is 3.55. The number of para-hydroxylation sites is 1. The molecule has 0 atom stereocenters. The van der Waals surface area contributed by atoms with Gasteiger partial charge in [-0.15, -0.1) is 0 Å². The monoisotopic (exact) mass is 293 g/mol. The van der Waals surface area contributed by atoms with Crippen LogP contribution in [0.2, 0.25) is 0 Å². The van der Waals surface area contributed by atoms with Crippen molar-refractivity contribution in [2.45, 2.75) is 0 Å². The molecule has 1 aromatic heterocycles. The minimum Gasteiger partial charge on any atom is -0.496 e. The number of fused-ring (bicyclic) bond motifs is 1. The summed E-state index contributed by atoms with van der Waals surface area (Å²) in [4.78, 5) is 12.0. The normalized spacial score (nSPS) is 11.1. The Balaban J connectivity index is 2.01. The minimum absolute atomic E-state index is 0.0641. The van der Waals surface area contributed by atoms with Crippen LogP contribution in [0.25, 0.3) is 23.1 Å². The summed E-state index contributed by atoms with van der Waals surface area (Å²) in [5.41, 5.74) is 7.72. The van der Waals surface area contributed by atoms with Crippen molar-refractivity contribution in [3.8, 4) is 5.75 Å². The highest BCUT2D eigenvalue weighted by atomic mass is 16.5. The van der Waals surface area contributed by atoms with E-state index in [4.69, 9.17) is 14.9 Å². The van der Waals surface area contributed by atoms with Crippen LogP contribution >= 0.6 is 0 Å². The molecule has 2 aromatic carbocycles. The maximum absolute atomic E-state index is 12.0. The second-order valence-corrected chi connectivity index (χ2v) is 4.84. The molecule has 0 unspecified atom stereocenters. The molecule has 0 saturated heterocycles. The summed E-state index contributed by atoms with van der Waals surface area (Å²) in [5.74, 6) is 1.15. The zero-order chi connectivity index (χ0) is 15.5. The Morgan fingerprint density at radius 1 is 1.09 bits per heavy atom. The van der Waals surface area contributed by atoms with E-state index in [1.165, 1.54) is 6.07 Å². The average molecular weight is 293 g/mol. The Morgan fingerprint density at radius 3 is 2.73 bits per heavy atom. The number of nitrogens with two attached hydrogens (primary N) is 1. The fourth-order valence-corrected chi connectivity index (χ4v) is 2.24. The van der Waals surface area contributed by atoms with Gasteiger partial charge < -0.3 is 14.9 Å². The topological polar surface area (TPSA) is 65.5 Å². The summed E-state index contributed by atoms with van der Waals surface area (Å²) in [7, 11) is 1.59. The average Bonchev–Trinajstić information content (AvgIpc) is 2.53. The molecule has 4 nitrogen and oxygen atoms in total. The molecule has 0 saturated carbocycles. The lowest BCUT2D eigenvalue weighted by Gasteiger charge is -2.05. The molecule has 0 bridgehead atoms. The Labute approximate surface area is 127 Å². The lowest BCUT2D eigenvalue weighted by Crippen LogP contribution is -1.99. The molecule has 0 fully saturated rings. The Hall–Kier alpha value is -3.01. The van der Waals surface area contributed by atoms with Gasteiger partial charge in [-0.1, -0.05) is 12.1 Å². The number of nitrogen functional groups attached to an aromatic ring is 1. The second-order valence-electron chi connectivity index (χ2n) is 4.84. The molecule has 3 rings (SSSR count). The molecule has 2 N–H and O–H groups in total. The van der Waals surface area contributed by atoms with Crippen molar-refractivity contribution in [2.75, 3.05) is 12.8 Å². The van der Waals surface area contributed by atoms with Gasteiger partial charge in [-0.3, -0.25) is 4.79 Å². The van der Waals surface area contributed by atoms with E-state index in [1.54, 1.807) is 37.5 Å².